The van der Waals surface area contributed by atoms with Gasteiger partial charge in [-0.2, -0.15) is 13.2 Å². The lowest BCUT2D eigenvalue weighted by Crippen LogP contribution is -2.50. The fourth-order valence-corrected chi connectivity index (χ4v) is 3.90. The van der Waals surface area contributed by atoms with Crippen LogP contribution >= 0.6 is 23.2 Å². The number of allylic oxidation sites excluding steroid dienone is 2. The van der Waals surface area contributed by atoms with Crippen LogP contribution in [0.3, 0.4) is 0 Å². The molecule has 0 bridgehead atoms. The molecule has 140 valence electrons. The second-order valence-electron chi connectivity index (χ2n) is 6.37. The van der Waals surface area contributed by atoms with Crippen LogP contribution in [0, 0.1) is 0 Å². The minimum atomic E-state index is -4.62. The van der Waals surface area contributed by atoms with Gasteiger partial charge in [0, 0.05) is 10.6 Å². The highest BCUT2D eigenvalue weighted by Gasteiger charge is 2.61. The van der Waals surface area contributed by atoms with Crippen LogP contribution in [-0.2, 0) is 5.41 Å². The molecule has 1 unspecified atom stereocenters. The molecule has 2 heterocycles. The molecule has 2 aliphatic rings. The lowest BCUT2D eigenvalue weighted by atomic mass is 9.67. The average Bonchev–Trinajstić information content (AvgIpc) is 2.54. The molecule has 0 radical (unpaired) electrons. The van der Waals surface area contributed by atoms with Crippen LogP contribution in [-0.4, -0.2) is 22.3 Å². The maximum atomic E-state index is 14.6. The van der Waals surface area contributed by atoms with E-state index in [9.17, 15) is 18.4 Å². The summed E-state index contributed by atoms with van der Waals surface area (Å²) in [7, 11) is 0. The zero-order valence-corrected chi connectivity index (χ0v) is 15.5. The summed E-state index contributed by atoms with van der Waals surface area (Å²) >= 11 is 12.0. The number of alkyl halides is 3. The number of nitrogens with zero attached hydrogens (tertiary/aromatic N) is 2. The average molecular weight is 405 g/mol. The Morgan fingerprint density at radius 3 is 2.62 bits per heavy atom. The third kappa shape index (κ3) is 3.04. The SMILES string of the molecule is CCCCCC1(C(F)(F)F)C2=CC(Cl)=CN(O)C2=Nc2ccc(Cl)cc21. The van der Waals surface area contributed by atoms with Crippen LogP contribution in [0.4, 0.5) is 18.9 Å². The molecule has 1 aromatic rings. The van der Waals surface area contributed by atoms with Crippen molar-refractivity contribution in [2.75, 3.05) is 0 Å². The number of hydroxylamine groups is 2. The van der Waals surface area contributed by atoms with Crippen LogP contribution < -0.4 is 0 Å². The highest BCUT2D eigenvalue weighted by molar-refractivity contribution is 6.32. The standard InChI is InChI=1S/C18H17Cl2F3N2O/c1-2-3-4-7-17(18(21,22)23)13-8-11(19)5-6-15(13)24-16-14(17)9-12(20)10-25(16)26/h5-6,8-10,26H,2-4,7H2,1H3. The molecule has 3 rings (SSSR count). The van der Waals surface area contributed by atoms with E-state index in [-0.39, 0.29) is 39.1 Å². The topological polar surface area (TPSA) is 35.8 Å². The molecule has 3 nitrogen and oxygen atoms in total. The minimum Gasteiger partial charge on any atom is -0.283 e. The van der Waals surface area contributed by atoms with E-state index in [2.05, 4.69) is 4.99 Å². The molecule has 1 atom stereocenters. The minimum absolute atomic E-state index is 0.00366. The Hall–Kier alpha value is -1.50. The summed E-state index contributed by atoms with van der Waals surface area (Å²) in [4.78, 5) is 4.22. The zero-order chi connectivity index (χ0) is 19.1. The van der Waals surface area contributed by atoms with Gasteiger partial charge in [-0.25, -0.2) is 10.1 Å². The van der Waals surface area contributed by atoms with Crippen molar-refractivity contribution in [2.24, 2.45) is 4.99 Å². The van der Waals surface area contributed by atoms with E-state index in [1.165, 1.54) is 24.3 Å². The van der Waals surface area contributed by atoms with Crippen LogP contribution in [0.2, 0.25) is 5.02 Å². The summed E-state index contributed by atoms with van der Waals surface area (Å²) in [6.45, 7) is 1.92. The quantitative estimate of drug-likeness (QED) is 0.583. The highest BCUT2D eigenvalue weighted by Crippen LogP contribution is 2.56. The zero-order valence-electron chi connectivity index (χ0n) is 13.9. The first-order valence-corrected chi connectivity index (χ1v) is 8.99. The Labute approximate surface area is 159 Å². The molecule has 0 saturated heterocycles. The predicted octanol–water partition coefficient (Wildman–Crippen LogP) is 6.48. The number of hydrogen-bond donors (Lipinski definition) is 1. The normalized spacial score (nSPS) is 22.3. The van der Waals surface area contributed by atoms with E-state index in [1.807, 2.05) is 6.92 Å². The number of hydrogen-bond acceptors (Lipinski definition) is 3. The monoisotopic (exact) mass is 404 g/mol. The number of unbranched alkanes of at least 4 members (excludes halogenated alkanes) is 2. The highest BCUT2D eigenvalue weighted by atomic mass is 35.5. The molecular weight excluding hydrogens is 388 g/mol. The van der Waals surface area contributed by atoms with Crippen molar-refractivity contribution in [2.45, 2.75) is 44.2 Å². The van der Waals surface area contributed by atoms with Crippen molar-refractivity contribution in [1.82, 2.24) is 5.06 Å². The molecular formula is C18H17Cl2F3N2O. The molecule has 8 heteroatoms. The Balaban J connectivity index is 2.32. The largest absolute Gasteiger partial charge is 0.402 e. The summed E-state index contributed by atoms with van der Waals surface area (Å²) in [6, 6.07) is 4.24. The Kier molecular flexibility index (Phi) is 5.12. The lowest BCUT2D eigenvalue weighted by molar-refractivity contribution is -0.181. The maximum Gasteiger partial charge on any atom is 0.402 e. The molecule has 1 aromatic carbocycles. The van der Waals surface area contributed by atoms with Gasteiger partial charge in [-0.05, 0) is 36.3 Å². The second kappa shape index (κ2) is 6.91. The first-order valence-electron chi connectivity index (χ1n) is 8.24. The first kappa shape index (κ1) is 19.3. The van der Waals surface area contributed by atoms with Crippen molar-refractivity contribution in [1.29, 1.82) is 0 Å². The lowest BCUT2D eigenvalue weighted by Gasteiger charge is -2.43. The number of amidine groups is 1. The van der Waals surface area contributed by atoms with Gasteiger partial charge in [0.15, 0.2) is 5.84 Å². The fraction of sp³-hybridized carbons (Fsp3) is 0.389. The van der Waals surface area contributed by atoms with Gasteiger partial charge in [-0.15, -0.1) is 0 Å². The third-order valence-electron chi connectivity index (χ3n) is 4.73. The summed E-state index contributed by atoms with van der Waals surface area (Å²) < 4.78 is 43.7. The van der Waals surface area contributed by atoms with E-state index in [0.29, 0.717) is 17.9 Å². The maximum absolute atomic E-state index is 14.6. The fourth-order valence-electron chi connectivity index (χ4n) is 3.53. The predicted molar refractivity (Wildman–Crippen MR) is 96.1 cm³/mol. The van der Waals surface area contributed by atoms with E-state index in [4.69, 9.17) is 23.2 Å². The van der Waals surface area contributed by atoms with Crippen molar-refractivity contribution in [3.63, 3.8) is 0 Å². The van der Waals surface area contributed by atoms with E-state index in [0.717, 1.165) is 12.6 Å². The molecule has 0 spiro atoms. The van der Waals surface area contributed by atoms with Gasteiger partial charge >= 0.3 is 6.18 Å². The molecule has 1 N–H and O–H groups in total. The number of fused-ring (bicyclic) bond motifs is 2. The van der Waals surface area contributed by atoms with Gasteiger partial charge in [0.2, 0.25) is 0 Å². The number of benzene rings is 1. The van der Waals surface area contributed by atoms with Gasteiger partial charge < -0.3 is 0 Å². The summed E-state index contributed by atoms with van der Waals surface area (Å²) in [6.07, 6.45) is -0.653. The number of aliphatic imine (C=N–C) groups is 1. The number of rotatable bonds is 4. The van der Waals surface area contributed by atoms with Crippen LogP contribution in [0.25, 0.3) is 0 Å². The van der Waals surface area contributed by atoms with E-state index >= 15 is 0 Å². The molecule has 0 amide bonds. The van der Waals surface area contributed by atoms with Gasteiger partial charge in [0.25, 0.3) is 0 Å². The smallest absolute Gasteiger partial charge is 0.283 e. The van der Waals surface area contributed by atoms with Crippen molar-refractivity contribution < 1.29 is 18.4 Å². The van der Waals surface area contributed by atoms with Gasteiger partial charge in [0.05, 0.1) is 16.9 Å². The van der Waals surface area contributed by atoms with Crippen LogP contribution in [0.15, 0.2) is 46.1 Å². The Morgan fingerprint density at radius 2 is 1.96 bits per heavy atom. The number of halogens is 5. The van der Waals surface area contributed by atoms with E-state index < -0.39 is 11.6 Å². The van der Waals surface area contributed by atoms with Gasteiger partial charge in [0.1, 0.15) is 5.41 Å². The van der Waals surface area contributed by atoms with Gasteiger partial charge in [-0.1, -0.05) is 49.4 Å². The van der Waals surface area contributed by atoms with Crippen LogP contribution in [0.1, 0.15) is 38.2 Å². The van der Waals surface area contributed by atoms with Crippen LogP contribution in [0.5, 0.6) is 0 Å². The summed E-state index contributed by atoms with van der Waals surface area (Å²) in [5, 5.41) is 10.9. The Bertz CT molecular complexity index is 817. The molecule has 26 heavy (non-hydrogen) atoms. The van der Waals surface area contributed by atoms with E-state index in [1.54, 1.807) is 0 Å². The van der Waals surface area contributed by atoms with Crippen molar-refractivity contribution in [3.05, 3.63) is 51.7 Å². The molecule has 2 aliphatic heterocycles. The first-order chi connectivity index (χ1) is 12.2. The molecule has 0 fully saturated rings. The molecule has 0 saturated carbocycles. The second-order valence-corrected chi connectivity index (χ2v) is 7.25. The molecule has 0 aromatic heterocycles. The summed E-state index contributed by atoms with van der Waals surface area (Å²) in [5.74, 6) is -0.168. The van der Waals surface area contributed by atoms with Crippen molar-refractivity contribution in [3.8, 4) is 0 Å². The van der Waals surface area contributed by atoms with Gasteiger partial charge in [-0.3, -0.25) is 5.21 Å². The van der Waals surface area contributed by atoms with Crippen molar-refractivity contribution >= 4 is 34.7 Å². The third-order valence-corrected chi connectivity index (χ3v) is 5.17. The Morgan fingerprint density at radius 1 is 1.23 bits per heavy atom. The molecule has 0 aliphatic carbocycles. The summed E-state index contributed by atoms with van der Waals surface area (Å²) in [5.41, 5.74) is -2.37.